The van der Waals surface area contributed by atoms with Crippen LogP contribution in [0, 0.1) is 20.8 Å². The van der Waals surface area contributed by atoms with Gasteiger partial charge in [0.1, 0.15) is 17.3 Å². The molecule has 1 N–H and O–H groups in total. The molecular weight excluding hydrogens is 216 g/mol. The van der Waals surface area contributed by atoms with Crippen molar-refractivity contribution >= 4 is 0 Å². The molecule has 88 valence electrons. The molecule has 0 aliphatic carbocycles. The van der Waals surface area contributed by atoms with Crippen LogP contribution in [0.3, 0.4) is 0 Å². The SMILES string of the molecule is Cc1cc(O)cc(Oc2cc(C)nc(C)n2)c1. The number of aromatic hydroxyl groups is 1. The van der Waals surface area contributed by atoms with Gasteiger partial charge in [0.05, 0.1) is 0 Å². The van der Waals surface area contributed by atoms with Crippen molar-refractivity contribution < 1.29 is 9.84 Å². The van der Waals surface area contributed by atoms with Gasteiger partial charge in [0, 0.05) is 17.8 Å². The molecule has 1 aromatic carbocycles. The fourth-order valence-electron chi connectivity index (χ4n) is 1.64. The smallest absolute Gasteiger partial charge is 0.222 e. The van der Waals surface area contributed by atoms with Gasteiger partial charge in [-0.25, -0.2) is 4.98 Å². The molecule has 0 saturated carbocycles. The van der Waals surface area contributed by atoms with Gasteiger partial charge in [0.25, 0.3) is 0 Å². The zero-order valence-electron chi connectivity index (χ0n) is 10.1. The van der Waals surface area contributed by atoms with Crippen LogP contribution in [0.15, 0.2) is 24.3 Å². The molecule has 0 spiro atoms. The van der Waals surface area contributed by atoms with Crippen molar-refractivity contribution in [3.63, 3.8) is 0 Å². The fraction of sp³-hybridized carbons (Fsp3) is 0.231. The molecule has 1 aromatic heterocycles. The third-order valence-corrected chi connectivity index (χ3v) is 2.20. The van der Waals surface area contributed by atoms with Gasteiger partial charge < -0.3 is 9.84 Å². The Hall–Kier alpha value is -2.10. The van der Waals surface area contributed by atoms with E-state index in [0.717, 1.165) is 11.3 Å². The van der Waals surface area contributed by atoms with Gasteiger partial charge in [-0.1, -0.05) is 0 Å². The molecule has 0 unspecified atom stereocenters. The first kappa shape index (κ1) is 11.4. The molecule has 17 heavy (non-hydrogen) atoms. The van der Waals surface area contributed by atoms with E-state index < -0.39 is 0 Å². The van der Waals surface area contributed by atoms with Crippen LogP contribution in [0.25, 0.3) is 0 Å². The van der Waals surface area contributed by atoms with Crippen molar-refractivity contribution in [3.8, 4) is 17.4 Å². The Balaban J connectivity index is 2.31. The highest BCUT2D eigenvalue weighted by atomic mass is 16.5. The first-order valence-corrected chi connectivity index (χ1v) is 5.34. The Bertz CT molecular complexity index is 463. The number of aromatic nitrogens is 2. The van der Waals surface area contributed by atoms with Crippen LogP contribution in [-0.2, 0) is 0 Å². The van der Waals surface area contributed by atoms with E-state index in [1.165, 1.54) is 0 Å². The molecular formula is C13H14N2O2. The second-order valence-electron chi connectivity index (χ2n) is 4.00. The van der Waals surface area contributed by atoms with E-state index in [4.69, 9.17) is 4.74 Å². The van der Waals surface area contributed by atoms with Gasteiger partial charge in [-0.3, -0.25) is 0 Å². The quantitative estimate of drug-likeness (QED) is 0.861. The summed E-state index contributed by atoms with van der Waals surface area (Å²) in [6.45, 7) is 5.59. The van der Waals surface area contributed by atoms with Gasteiger partial charge in [0.2, 0.25) is 5.88 Å². The van der Waals surface area contributed by atoms with Crippen LogP contribution in [0.1, 0.15) is 17.1 Å². The highest BCUT2D eigenvalue weighted by Gasteiger charge is 2.03. The molecule has 0 saturated heterocycles. The van der Waals surface area contributed by atoms with Crippen LogP contribution >= 0.6 is 0 Å². The molecule has 2 rings (SSSR count). The summed E-state index contributed by atoms with van der Waals surface area (Å²) in [6, 6.07) is 6.82. The summed E-state index contributed by atoms with van der Waals surface area (Å²) >= 11 is 0. The van der Waals surface area contributed by atoms with Gasteiger partial charge in [0.15, 0.2) is 0 Å². The van der Waals surface area contributed by atoms with Crippen molar-refractivity contribution in [2.24, 2.45) is 0 Å². The third-order valence-electron chi connectivity index (χ3n) is 2.20. The normalized spacial score (nSPS) is 10.3. The maximum atomic E-state index is 9.47. The largest absolute Gasteiger partial charge is 0.508 e. The molecule has 2 aromatic rings. The molecule has 0 atom stereocenters. The van der Waals surface area contributed by atoms with E-state index in [1.54, 1.807) is 18.2 Å². The first-order chi connectivity index (χ1) is 8.02. The van der Waals surface area contributed by atoms with Crippen molar-refractivity contribution in [1.82, 2.24) is 9.97 Å². The number of nitrogens with zero attached hydrogens (tertiary/aromatic N) is 2. The summed E-state index contributed by atoms with van der Waals surface area (Å²) < 4.78 is 5.59. The van der Waals surface area contributed by atoms with E-state index in [9.17, 15) is 5.11 Å². The molecule has 0 fully saturated rings. The van der Waals surface area contributed by atoms with Crippen LogP contribution in [0.2, 0.25) is 0 Å². The molecule has 4 nitrogen and oxygen atoms in total. The van der Waals surface area contributed by atoms with Crippen LogP contribution in [0.5, 0.6) is 17.4 Å². The lowest BCUT2D eigenvalue weighted by molar-refractivity contribution is 0.442. The van der Waals surface area contributed by atoms with E-state index in [1.807, 2.05) is 26.8 Å². The second-order valence-corrected chi connectivity index (χ2v) is 4.00. The van der Waals surface area contributed by atoms with Gasteiger partial charge in [-0.2, -0.15) is 4.98 Å². The minimum atomic E-state index is 0.183. The predicted molar refractivity (Wildman–Crippen MR) is 64.4 cm³/mol. The lowest BCUT2D eigenvalue weighted by atomic mass is 10.2. The zero-order valence-corrected chi connectivity index (χ0v) is 10.1. The van der Waals surface area contributed by atoms with E-state index in [0.29, 0.717) is 17.5 Å². The number of phenols is 1. The monoisotopic (exact) mass is 230 g/mol. The van der Waals surface area contributed by atoms with E-state index >= 15 is 0 Å². The number of ether oxygens (including phenoxy) is 1. The number of phenolic OH excluding ortho intramolecular Hbond substituents is 1. The summed E-state index contributed by atoms with van der Waals surface area (Å²) in [4.78, 5) is 8.34. The van der Waals surface area contributed by atoms with Gasteiger partial charge in [-0.15, -0.1) is 0 Å². The summed E-state index contributed by atoms with van der Waals surface area (Å²) in [7, 11) is 0. The lowest BCUT2D eigenvalue weighted by Gasteiger charge is -2.07. The Morgan fingerprint density at radius 3 is 2.41 bits per heavy atom. The topological polar surface area (TPSA) is 55.2 Å². The Morgan fingerprint density at radius 2 is 1.76 bits per heavy atom. The van der Waals surface area contributed by atoms with E-state index in [2.05, 4.69) is 9.97 Å². The lowest BCUT2D eigenvalue weighted by Crippen LogP contribution is -1.95. The molecule has 0 radical (unpaired) electrons. The summed E-state index contributed by atoms with van der Waals surface area (Å²) in [5, 5.41) is 9.47. The van der Waals surface area contributed by atoms with Crippen molar-refractivity contribution in [3.05, 3.63) is 41.3 Å². The predicted octanol–water partition coefficient (Wildman–Crippen LogP) is 2.90. The molecule has 0 bridgehead atoms. The molecule has 1 heterocycles. The fourth-order valence-corrected chi connectivity index (χ4v) is 1.64. The van der Waals surface area contributed by atoms with Crippen molar-refractivity contribution in [1.29, 1.82) is 0 Å². The number of hydrogen-bond donors (Lipinski definition) is 1. The molecule has 0 amide bonds. The summed E-state index contributed by atoms with van der Waals surface area (Å²) in [6.07, 6.45) is 0. The average Bonchev–Trinajstić information content (AvgIpc) is 2.13. The number of hydrogen-bond acceptors (Lipinski definition) is 4. The highest BCUT2D eigenvalue weighted by molar-refractivity contribution is 5.38. The third kappa shape index (κ3) is 2.93. The zero-order chi connectivity index (χ0) is 12.4. The minimum absolute atomic E-state index is 0.183. The Kier molecular flexibility index (Phi) is 2.95. The summed E-state index contributed by atoms with van der Waals surface area (Å²) in [5.41, 5.74) is 1.78. The summed E-state index contributed by atoms with van der Waals surface area (Å²) in [5.74, 6) is 1.90. The Labute approximate surface area is 99.9 Å². The number of aryl methyl sites for hydroxylation is 3. The van der Waals surface area contributed by atoms with E-state index in [-0.39, 0.29) is 5.75 Å². The average molecular weight is 230 g/mol. The second kappa shape index (κ2) is 4.41. The molecule has 0 aliphatic heterocycles. The minimum Gasteiger partial charge on any atom is -0.508 e. The van der Waals surface area contributed by atoms with Crippen LogP contribution in [-0.4, -0.2) is 15.1 Å². The standard InChI is InChI=1S/C13H14N2O2/c1-8-4-11(16)7-12(5-8)17-13-6-9(2)14-10(3)15-13/h4-7,16H,1-3H3. The van der Waals surface area contributed by atoms with Crippen molar-refractivity contribution in [2.45, 2.75) is 20.8 Å². The number of rotatable bonds is 2. The van der Waals surface area contributed by atoms with Gasteiger partial charge in [-0.05, 0) is 38.5 Å². The first-order valence-electron chi connectivity index (χ1n) is 5.34. The van der Waals surface area contributed by atoms with Crippen molar-refractivity contribution in [2.75, 3.05) is 0 Å². The van der Waals surface area contributed by atoms with Crippen LogP contribution in [0.4, 0.5) is 0 Å². The molecule has 4 heteroatoms. The highest BCUT2D eigenvalue weighted by Crippen LogP contribution is 2.25. The number of benzene rings is 1. The van der Waals surface area contributed by atoms with Crippen LogP contribution < -0.4 is 4.74 Å². The Morgan fingerprint density at radius 1 is 1.00 bits per heavy atom. The maximum absolute atomic E-state index is 9.47. The van der Waals surface area contributed by atoms with Gasteiger partial charge >= 0.3 is 0 Å². The maximum Gasteiger partial charge on any atom is 0.222 e. The molecule has 0 aliphatic rings.